The van der Waals surface area contributed by atoms with Gasteiger partial charge in [-0.05, 0) is 25.9 Å². The molecule has 1 unspecified atom stereocenters. The molecule has 0 amide bonds. The fourth-order valence-electron chi connectivity index (χ4n) is 2.01. The van der Waals surface area contributed by atoms with Crippen molar-refractivity contribution in [1.82, 2.24) is 4.90 Å². The lowest BCUT2D eigenvalue weighted by atomic mass is 9.91. The summed E-state index contributed by atoms with van der Waals surface area (Å²) in [7, 11) is 0. The third-order valence-corrected chi connectivity index (χ3v) is 2.97. The second kappa shape index (κ2) is 5.37. The molecular weight excluding hydrogens is 176 g/mol. The Morgan fingerprint density at radius 3 is 2.86 bits per heavy atom. The van der Waals surface area contributed by atoms with Gasteiger partial charge in [0, 0.05) is 18.2 Å². The fourth-order valence-corrected chi connectivity index (χ4v) is 2.01. The van der Waals surface area contributed by atoms with Gasteiger partial charge in [-0.25, -0.2) is 0 Å². The van der Waals surface area contributed by atoms with Crippen molar-refractivity contribution < 1.29 is 5.11 Å². The molecule has 1 heterocycles. The van der Waals surface area contributed by atoms with Crippen LogP contribution >= 0.6 is 0 Å². The molecule has 0 bridgehead atoms. The minimum atomic E-state index is -0.321. The first-order valence-electron chi connectivity index (χ1n) is 5.49. The molecule has 1 aliphatic rings. The van der Waals surface area contributed by atoms with Crippen LogP contribution in [0.15, 0.2) is 12.3 Å². The van der Waals surface area contributed by atoms with E-state index in [1.807, 2.05) is 0 Å². The summed E-state index contributed by atoms with van der Waals surface area (Å²) in [5.41, 5.74) is 6.26. The van der Waals surface area contributed by atoms with Crippen molar-refractivity contribution in [3.8, 4) is 0 Å². The fraction of sp³-hybridized carbons (Fsp3) is 0.818. The summed E-state index contributed by atoms with van der Waals surface area (Å²) in [4.78, 5) is 2.31. The van der Waals surface area contributed by atoms with Crippen LogP contribution in [0.5, 0.6) is 0 Å². The molecule has 0 aromatic heterocycles. The molecule has 1 rings (SSSR count). The molecule has 0 radical (unpaired) electrons. The predicted molar refractivity (Wildman–Crippen MR) is 58.8 cm³/mol. The second-order valence-electron chi connectivity index (χ2n) is 4.19. The zero-order valence-corrected chi connectivity index (χ0v) is 9.08. The summed E-state index contributed by atoms with van der Waals surface area (Å²) >= 11 is 0. The summed E-state index contributed by atoms with van der Waals surface area (Å²) in [6, 6.07) is 0. The van der Waals surface area contributed by atoms with Crippen molar-refractivity contribution in [2.75, 3.05) is 19.6 Å². The normalized spacial score (nSPS) is 29.0. The zero-order valence-electron chi connectivity index (χ0n) is 9.08. The Balaban J connectivity index is 2.35. The Morgan fingerprint density at radius 1 is 1.64 bits per heavy atom. The quantitative estimate of drug-likeness (QED) is 0.707. The van der Waals surface area contributed by atoms with E-state index in [9.17, 15) is 5.11 Å². The van der Waals surface area contributed by atoms with E-state index in [4.69, 9.17) is 5.73 Å². The van der Waals surface area contributed by atoms with Crippen LogP contribution in [0.2, 0.25) is 0 Å². The van der Waals surface area contributed by atoms with Gasteiger partial charge in [-0.1, -0.05) is 19.9 Å². The van der Waals surface area contributed by atoms with Gasteiger partial charge in [-0.3, -0.25) is 0 Å². The van der Waals surface area contributed by atoms with Gasteiger partial charge in [0.05, 0.1) is 6.10 Å². The third-order valence-electron chi connectivity index (χ3n) is 2.97. The Bertz CT molecular complexity index is 194. The van der Waals surface area contributed by atoms with Gasteiger partial charge in [-0.2, -0.15) is 0 Å². The number of aliphatic hydroxyl groups is 1. The maximum Gasteiger partial charge on any atom is 0.0749 e. The highest BCUT2D eigenvalue weighted by Gasteiger charge is 2.27. The van der Waals surface area contributed by atoms with Crippen molar-refractivity contribution in [2.45, 2.75) is 32.3 Å². The molecule has 0 aliphatic carbocycles. The molecule has 0 aromatic rings. The predicted octanol–water partition coefficient (Wildman–Crippen LogP) is 0.942. The largest absolute Gasteiger partial charge is 0.402 e. The second-order valence-corrected chi connectivity index (χ2v) is 4.19. The topological polar surface area (TPSA) is 49.5 Å². The number of hydrogen-bond acceptors (Lipinski definition) is 3. The smallest absolute Gasteiger partial charge is 0.0749 e. The number of likely N-dealkylation sites (tertiary alicyclic amines) is 1. The lowest BCUT2D eigenvalue weighted by molar-refractivity contribution is 0.0351. The van der Waals surface area contributed by atoms with Crippen molar-refractivity contribution in [3.63, 3.8) is 0 Å². The molecular formula is C11H22N2O. The molecule has 3 heteroatoms. The van der Waals surface area contributed by atoms with Crippen LogP contribution in [-0.2, 0) is 0 Å². The monoisotopic (exact) mass is 198 g/mol. The van der Waals surface area contributed by atoms with Crippen molar-refractivity contribution in [3.05, 3.63) is 12.3 Å². The van der Waals surface area contributed by atoms with Gasteiger partial charge in [0.1, 0.15) is 0 Å². The van der Waals surface area contributed by atoms with E-state index in [-0.39, 0.29) is 12.0 Å². The lowest BCUT2D eigenvalue weighted by Gasteiger charge is -2.35. The molecule has 14 heavy (non-hydrogen) atoms. The number of nitrogens with zero attached hydrogens (tertiary/aromatic N) is 1. The van der Waals surface area contributed by atoms with Crippen LogP contribution in [0.4, 0.5) is 0 Å². The van der Waals surface area contributed by atoms with E-state index in [2.05, 4.69) is 18.4 Å². The zero-order chi connectivity index (χ0) is 10.6. The van der Waals surface area contributed by atoms with Crippen LogP contribution in [0.25, 0.3) is 0 Å². The van der Waals surface area contributed by atoms with Crippen LogP contribution in [0, 0.1) is 5.92 Å². The van der Waals surface area contributed by atoms with E-state index in [0.29, 0.717) is 5.70 Å². The van der Waals surface area contributed by atoms with Crippen LogP contribution < -0.4 is 5.73 Å². The highest BCUT2D eigenvalue weighted by molar-refractivity contribution is 5.00. The number of β-amino-alcohol motifs (C(OH)–C–C–N with tert-alkyl or cyclic N) is 1. The summed E-state index contributed by atoms with van der Waals surface area (Å²) < 4.78 is 0. The third kappa shape index (κ3) is 3.00. The molecule has 0 spiro atoms. The van der Waals surface area contributed by atoms with Gasteiger partial charge >= 0.3 is 0 Å². The van der Waals surface area contributed by atoms with E-state index < -0.39 is 0 Å². The minimum Gasteiger partial charge on any atom is -0.402 e. The number of aliphatic hydroxyl groups excluding tert-OH is 1. The molecule has 3 N–H and O–H groups in total. The Kier molecular flexibility index (Phi) is 4.42. The van der Waals surface area contributed by atoms with Crippen LogP contribution in [0.3, 0.4) is 0 Å². The van der Waals surface area contributed by atoms with E-state index >= 15 is 0 Å². The number of unbranched alkanes of at least 4 members (excludes halogenated alkanes) is 1. The van der Waals surface area contributed by atoms with E-state index in [0.717, 1.165) is 26.1 Å². The van der Waals surface area contributed by atoms with E-state index in [1.165, 1.54) is 12.8 Å². The van der Waals surface area contributed by atoms with Gasteiger partial charge in [0.15, 0.2) is 0 Å². The average Bonchev–Trinajstić information content (AvgIpc) is 2.14. The number of piperidine rings is 1. The molecule has 0 saturated carbocycles. The van der Waals surface area contributed by atoms with Crippen molar-refractivity contribution in [1.29, 1.82) is 0 Å². The molecule has 0 aromatic carbocycles. The first-order chi connectivity index (χ1) is 6.65. The summed E-state index contributed by atoms with van der Waals surface area (Å²) in [6.07, 6.45) is 3.04. The average molecular weight is 198 g/mol. The Labute approximate surface area is 86.6 Å². The highest BCUT2D eigenvalue weighted by Crippen LogP contribution is 2.21. The minimum absolute atomic E-state index is 0.105. The van der Waals surface area contributed by atoms with Crippen LogP contribution in [-0.4, -0.2) is 35.7 Å². The molecule has 3 nitrogen and oxygen atoms in total. The molecule has 1 fully saturated rings. The van der Waals surface area contributed by atoms with Gasteiger partial charge < -0.3 is 15.7 Å². The number of nitrogens with two attached hydrogens (primary N) is 1. The summed E-state index contributed by atoms with van der Waals surface area (Å²) in [6.45, 7) is 8.79. The summed E-state index contributed by atoms with van der Waals surface area (Å²) in [5, 5.41) is 9.83. The first kappa shape index (κ1) is 11.5. The summed E-state index contributed by atoms with van der Waals surface area (Å²) in [5.74, 6) is 0.105. The van der Waals surface area contributed by atoms with E-state index in [1.54, 1.807) is 0 Å². The Morgan fingerprint density at radius 2 is 2.36 bits per heavy atom. The van der Waals surface area contributed by atoms with Gasteiger partial charge in [-0.15, -0.1) is 0 Å². The molecule has 82 valence electrons. The van der Waals surface area contributed by atoms with Crippen molar-refractivity contribution in [2.24, 2.45) is 11.7 Å². The van der Waals surface area contributed by atoms with Crippen molar-refractivity contribution >= 4 is 0 Å². The molecule has 2 atom stereocenters. The van der Waals surface area contributed by atoms with Crippen LogP contribution in [0.1, 0.15) is 26.2 Å². The lowest BCUT2D eigenvalue weighted by Crippen LogP contribution is -2.45. The maximum absolute atomic E-state index is 9.83. The SMILES string of the molecule is C=C(N)[C@@H]1CCN(CCCC)CC1O. The highest BCUT2D eigenvalue weighted by atomic mass is 16.3. The van der Waals surface area contributed by atoms with Gasteiger partial charge in [0.2, 0.25) is 0 Å². The number of hydrogen-bond donors (Lipinski definition) is 2. The van der Waals surface area contributed by atoms with Gasteiger partial charge in [0.25, 0.3) is 0 Å². The standard InChI is InChI=1S/C11H22N2O/c1-3-4-6-13-7-5-10(9(2)12)11(14)8-13/h10-11,14H,2-8,12H2,1H3/t10-,11?/m0/s1. The first-order valence-corrected chi connectivity index (χ1v) is 5.49. The molecule has 1 saturated heterocycles. The molecule has 1 aliphatic heterocycles. The Hall–Kier alpha value is -0.540. The maximum atomic E-state index is 9.83. The number of rotatable bonds is 4.